The first-order valence-electron chi connectivity index (χ1n) is 4.50. The number of rotatable bonds is 0. The van der Waals surface area contributed by atoms with Crippen molar-refractivity contribution in [1.82, 2.24) is 0 Å². The van der Waals surface area contributed by atoms with E-state index in [1.807, 2.05) is 0 Å². The van der Waals surface area contributed by atoms with Crippen molar-refractivity contribution < 1.29 is 4.79 Å². The second-order valence-corrected chi connectivity index (χ2v) is 4.47. The van der Waals surface area contributed by atoms with E-state index < -0.39 is 0 Å². The molecule has 0 amide bonds. The monoisotopic (exact) mass is 154 g/mol. The molecule has 64 valence electrons. The number of ketones is 1. The van der Waals surface area contributed by atoms with Crippen molar-refractivity contribution in [3.05, 3.63) is 0 Å². The lowest BCUT2D eigenvalue weighted by Gasteiger charge is -2.37. The molecule has 1 aliphatic carbocycles. The van der Waals surface area contributed by atoms with E-state index in [4.69, 9.17) is 0 Å². The molecule has 0 aromatic heterocycles. The van der Waals surface area contributed by atoms with E-state index in [1.54, 1.807) is 0 Å². The molecule has 1 saturated carbocycles. The Morgan fingerprint density at radius 2 is 1.82 bits per heavy atom. The lowest BCUT2D eigenvalue weighted by molar-refractivity contribution is -0.136. The number of Topliss-reactive ketones (excluding diaryl/α,β-unsaturated/α-hetero) is 1. The Bertz CT molecular complexity index is 170. The smallest absolute Gasteiger partial charge is 0.141 e. The maximum atomic E-state index is 11.7. The Kier molecular flexibility index (Phi) is 2.08. The van der Waals surface area contributed by atoms with Crippen LogP contribution < -0.4 is 0 Å². The van der Waals surface area contributed by atoms with Gasteiger partial charge >= 0.3 is 0 Å². The van der Waals surface area contributed by atoms with Gasteiger partial charge in [0.25, 0.3) is 0 Å². The molecule has 1 fully saturated rings. The van der Waals surface area contributed by atoms with Crippen LogP contribution in [0.4, 0.5) is 0 Å². The molecular formula is C10H18O. The van der Waals surface area contributed by atoms with Crippen molar-refractivity contribution in [2.24, 2.45) is 17.3 Å². The maximum absolute atomic E-state index is 11.7. The number of carbonyl (C=O) groups excluding carboxylic acids is 1. The van der Waals surface area contributed by atoms with Crippen LogP contribution in [0.15, 0.2) is 0 Å². The Labute approximate surface area is 69.2 Å². The standard InChI is InChI=1S/C10H18O/c1-7-5-6-8(2)10(3,4)9(7)11/h7-8H,5-6H2,1-4H3/t7-,8-/m0/s1. The summed E-state index contributed by atoms with van der Waals surface area (Å²) >= 11 is 0. The Morgan fingerprint density at radius 1 is 1.27 bits per heavy atom. The van der Waals surface area contributed by atoms with Crippen LogP contribution in [0.1, 0.15) is 40.5 Å². The van der Waals surface area contributed by atoms with Crippen LogP contribution in [0.5, 0.6) is 0 Å². The summed E-state index contributed by atoms with van der Waals surface area (Å²) < 4.78 is 0. The van der Waals surface area contributed by atoms with Crippen LogP contribution in [0, 0.1) is 17.3 Å². The molecule has 0 aromatic carbocycles. The Balaban J connectivity index is 2.81. The molecule has 0 heterocycles. The molecule has 2 atom stereocenters. The maximum Gasteiger partial charge on any atom is 0.141 e. The lowest BCUT2D eigenvalue weighted by Crippen LogP contribution is -2.39. The van der Waals surface area contributed by atoms with Crippen LogP contribution in [-0.4, -0.2) is 5.78 Å². The van der Waals surface area contributed by atoms with E-state index in [0.29, 0.717) is 17.6 Å². The van der Waals surface area contributed by atoms with Crippen molar-refractivity contribution in [2.45, 2.75) is 40.5 Å². The average Bonchev–Trinajstić information content (AvgIpc) is 1.95. The first-order chi connectivity index (χ1) is 4.96. The minimum absolute atomic E-state index is 0.0718. The first kappa shape index (κ1) is 8.76. The van der Waals surface area contributed by atoms with Gasteiger partial charge in [-0.3, -0.25) is 4.79 Å². The van der Waals surface area contributed by atoms with E-state index in [0.717, 1.165) is 6.42 Å². The predicted molar refractivity (Wildman–Crippen MR) is 46.4 cm³/mol. The summed E-state index contributed by atoms with van der Waals surface area (Å²) in [5.74, 6) is 1.31. The molecule has 0 spiro atoms. The third-order valence-corrected chi connectivity index (χ3v) is 3.35. The van der Waals surface area contributed by atoms with Gasteiger partial charge in [-0.05, 0) is 18.8 Å². The highest BCUT2D eigenvalue weighted by molar-refractivity contribution is 5.87. The highest BCUT2D eigenvalue weighted by Gasteiger charge is 2.39. The summed E-state index contributed by atoms with van der Waals surface area (Å²) in [7, 11) is 0. The fraction of sp³-hybridized carbons (Fsp3) is 0.900. The van der Waals surface area contributed by atoms with E-state index in [9.17, 15) is 4.79 Å². The highest BCUT2D eigenvalue weighted by Crippen LogP contribution is 2.39. The third-order valence-electron chi connectivity index (χ3n) is 3.35. The number of hydrogen-bond donors (Lipinski definition) is 0. The predicted octanol–water partition coefficient (Wildman–Crippen LogP) is 2.65. The molecule has 1 nitrogen and oxygen atoms in total. The molecule has 0 unspecified atom stereocenters. The van der Waals surface area contributed by atoms with Gasteiger partial charge in [-0.2, -0.15) is 0 Å². The molecule has 0 aliphatic heterocycles. The van der Waals surface area contributed by atoms with Crippen LogP contribution in [-0.2, 0) is 4.79 Å². The minimum atomic E-state index is -0.0718. The van der Waals surface area contributed by atoms with Crippen LogP contribution in [0.2, 0.25) is 0 Å². The fourth-order valence-corrected chi connectivity index (χ4v) is 1.87. The zero-order valence-corrected chi connectivity index (χ0v) is 7.98. The minimum Gasteiger partial charge on any atom is -0.299 e. The molecule has 11 heavy (non-hydrogen) atoms. The van der Waals surface area contributed by atoms with Gasteiger partial charge in [-0.1, -0.05) is 27.7 Å². The fourth-order valence-electron chi connectivity index (χ4n) is 1.87. The van der Waals surface area contributed by atoms with Gasteiger partial charge in [0, 0.05) is 11.3 Å². The summed E-state index contributed by atoms with van der Waals surface area (Å²) in [5, 5.41) is 0. The van der Waals surface area contributed by atoms with Gasteiger partial charge in [0.2, 0.25) is 0 Å². The van der Waals surface area contributed by atoms with Gasteiger partial charge in [0.1, 0.15) is 5.78 Å². The lowest BCUT2D eigenvalue weighted by atomic mass is 9.65. The molecule has 0 bridgehead atoms. The molecule has 1 heteroatoms. The van der Waals surface area contributed by atoms with Gasteiger partial charge in [0.15, 0.2) is 0 Å². The van der Waals surface area contributed by atoms with E-state index in [-0.39, 0.29) is 5.41 Å². The topological polar surface area (TPSA) is 17.1 Å². The van der Waals surface area contributed by atoms with Crippen molar-refractivity contribution in [2.75, 3.05) is 0 Å². The van der Waals surface area contributed by atoms with Crippen LogP contribution in [0.25, 0.3) is 0 Å². The Morgan fingerprint density at radius 3 is 2.27 bits per heavy atom. The SMILES string of the molecule is C[C@H]1CC[C@H](C)C(C)(C)C1=O. The molecule has 0 N–H and O–H groups in total. The van der Waals surface area contributed by atoms with Gasteiger partial charge in [0.05, 0.1) is 0 Å². The molecule has 1 aliphatic rings. The second-order valence-electron chi connectivity index (χ2n) is 4.47. The number of hydrogen-bond acceptors (Lipinski definition) is 1. The summed E-state index contributed by atoms with van der Waals surface area (Å²) in [5.41, 5.74) is -0.0718. The van der Waals surface area contributed by atoms with E-state index >= 15 is 0 Å². The quantitative estimate of drug-likeness (QED) is 0.524. The molecule has 1 rings (SSSR count). The van der Waals surface area contributed by atoms with Crippen molar-refractivity contribution in [1.29, 1.82) is 0 Å². The van der Waals surface area contributed by atoms with Crippen LogP contribution >= 0.6 is 0 Å². The molecule has 0 aromatic rings. The zero-order chi connectivity index (χ0) is 8.65. The average molecular weight is 154 g/mol. The van der Waals surface area contributed by atoms with E-state index in [1.165, 1.54) is 6.42 Å². The number of carbonyl (C=O) groups is 1. The third kappa shape index (κ3) is 1.33. The van der Waals surface area contributed by atoms with Crippen molar-refractivity contribution in [3.63, 3.8) is 0 Å². The van der Waals surface area contributed by atoms with Crippen molar-refractivity contribution >= 4 is 5.78 Å². The van der Waals surface area contributed by atoms with Crippen LogP contribution in [0.3, 0.4) is 0 Å². The summed E-state index contributed by atoms with van der Waals surface area (Å²) in [6.45, 7) is 8.39. The molecule has 0 radical (unpaired) electrons. The highest BCUT2D eigenvalue weighted by atomic mass is 16.1. The summed E-state index contributed by atoms with van der Waals surface area (Å²) in [4.78, 5) is 11.7. The zero-order valence-electron chi connectivity index (χ0n) is 7.98. The van der Waals surface area contributed by atoms with Crippen molar-refractivity contribution in [3.8, 4) is 0 Å². The normalized spacial score (nSPS) is 37.3. The second kappa shape index (κ2) is 2.62. The summed E-state index contributed by atoms with van der Waals surface area (Å²) in [6, 6.07) is 0. The van der Waals surface area contributed by atoms with Gasteiger partial charge in [-0.15, -0.1) is 0 Å². The largest absolute Gasteiger partial charge is 0.299 e. The Hall–Kier alpha value is -0.330. The molecular weight excluding hydrogens is 136 g/mol. The van der Waals surface area contributed by atoms with Gasteiger partial charge in [-0.25, -0.2) is 0 Å². The first-order valence-corrected chi connectivity index (χ1v) is 4.50. The van der Waals surface area contributed by atoms with E-state index in [2.05, 4.69) is 27.7 Å². The van der Waals surface area contributed by atoms with Gasteiger partial charge < -0.3 is 0 Å². The summed E-state index contributed by atoms with van der Waals surface area (Å²) in [6.07, 6.45) is 2.29. The molecule has 0 saturated heterocycles.